The van der Waals surface area contributed by atoms with E-state index in [0.717, 1.165) is 148 Å². The van der Waals surface area contributed by atoms with Gasteiger partial charge >= 0.3 is 25.7 Å². The molecule has 0 heterocycles. The van der Waals surface area contributed by atoms with Gasteiger partial charge in [0.1, 0.15) is 12.7 Å². The Morgan fingerprint density at radius 3 is 0.988 bits per heavy atom. The Labute approximate surface area is 485 Å². The molecule has 450 valence electrons. The van der Waals surface area contributed by atoms with E-state index >= 15 is 0 Å². The van der Waals surface area contributed by atoms with Crippen LogP contribution in [0.15, 0.2) is 158 Å². The summed E-state index contributed by atoms with van der Waals surface area (Å²) in [5.41, 5.74) is 0. The summed E-state index contributed by atoms with van der Waals surface area (Å²) < 4.78 is 39.5. The van der Waals surface area contributed by atoms with Crippen LogP contribution in [-0.4, -0.2) is 66.5 Å². The first-order chi connectivity index (χ1) is 39.2. The zero-order valence-corrected chi connectivity index (χ0v) is 50.6. The average Bonchev–Trinajstić information content (AvgIpc) is 3.45. The summed E-state index contributed by atoms with van der Waals surface area (Å²) in [5, 5.41) is 9.84. The molecule has 0 spiro atoms. The number of hydrogen-bond donors (Lipinski definition) is 2. The van der Waals surface area contributed by atoms with Crippen LogP contribution in [0.1, 0.15) is 213 Å². The number of carbonyl (C=O) groups is 3. The molecule has 0 fully saturated rings. The summed E-state index contributed by atoms with van der Waals surface area (Å²) in [6, 6.07) is 0. The number of esters is 3. The maximum Gasteiger partial charge on any atom is 0.472 e. The van der Waals surface area contributed by atoms with Gasteiger partial charge in [0.15, 0.2) is 6.10 Å². The lowest BCUT2D eigenvalue weighted by Crippen LogP contribution is -2.30. The van der Waals surface area contributed by atoms with Gasteiger partial charge in [0.2, 0.25) is 0 Å². The van der Waals surface area contributed by atoms with E-state index in [0.29, 0.717) is 25.7 Å². The number of hydrogen-bond acceptors (Lipinski definition) is 10. The number of aliphatic hydroxyl groups excluding tert-OH is 1. The lowest BCUT2D eigenvalue weighted by molar-refractivity contribution is -0.161. The second-order valence-corrected chi connectivity index (χ2v) is 20.8. The van der Waals surface area contributed by atoms with E-state index in [1.54, 1.807) is 0 Å². The molecule has 0 aliphatic carbocycles. The molecule has 0 bridgehead atoms. The van der Waals surface area contributed by atoms with E-state index in [1.807, 2.05) is 12.2 Å². The van der Waals surface area contributed by atoms with Gasteiger partial charge in [-0.15, -0.1) is 0 Å². The Morgan fingerprint density at radius 2 is 0.625 bits per heavy atom. The van der Waals surface area contributed by atoms with Gasteiger partial charge < -0.3 is 24.2 Å². The van der Waals surface area contributed by atoms with Crippen LogP contribution in [0.3, 0.4) is 0 Å². The summed E-state index contributed by atoms with van der Waals surface area (Å²) in [5.74, 6) is -1.60. The molecule has 0 aromatic carbocycles. The van der Waals surface area contributed by atoms with E-state index in [-0.39, 0.29) is 25.9 Å². The lowest BCUT2D eigenvalue weighted by atomic mass is 10.1. The highest BCUT2D eigenvalue weighted by atomic mass is 31.2. The number of allylic oxidation sites excluding steroid dienone is 26. The number of rotatable bonds is 54. The third-order valence-electron chi connectivity index (χ3n) is 11.9. The molecular weight excluding hydrogens is 1020 g/mol. The number of ether oxygens (including phenoxy) is 3. The summed E-state index contributed by atoms with van der Waals surface area (Å²) in [4.78, 5) is 48.7. The van der Waals surface area contributed by atoms with Crippen LogP contribution in [0, 0.1) is 0 Å². The van der Waals surface area contributed by atoms with Gasteiger partial charge in [-0.3, -0.25) is 23.4 Å². The fraction of sp³-hybridized carbons (Fsp3) is 0.574. The van der Waals surface area contributed by atoms with Crippen molar-refractivity contribution in [1.29, 1.82) is 0 Å². The Hall–Kier alpha value is -4.90. The van der Waals surface area contributed by atoms with Crippen molar-refractivity contribution in [1.82, 2.24) is 0 Å². The third kappa shape index (κ3) is 57.8. The Bertz CT molecular complexity index is 1950. The van der Waals surface area contributed by atoms with Gasteiger partial charge in [0, 0.05) is 19.3 Å². The molecule has 0 saturated heterocycles. The van der Waals surface area contributed by atoms with Crippen LogP contribution in [-0.2, 0) is 42.2 Å². The van der Waals surface area contributed by atoms with E-state index in [2.05, 4.69) is 167 Å². The SMILES string of the molecule is CC/C=C\C/C=C\C/C=C\C/C=C\C/C=C\CCCC(=O)OC(COC(=O)CCCCCCCC/C=C\C/C=C\C/C=C\C/C=C\CC)COP(=O)(O)OCC(CO)OC(=O)CCCCCC/C=C\C/C=C\C/C=C\C/C=C\CC. The molecule has 0 aliphatic rings. The van der Waals surface area contributed by atoms with Crippen molar-refractivity contribution in [3.8, 4) is 0 Å². The number of unbranched alkanes of at least 4 members (excludes halogenated alkanes) is 11. The minimum Gasteiger partial charge on any atom is -0.462 e. The van der Waals surface area contributed by atoms with E-state index < -0.39 is 57.8 Å². The van der Waals surface area contributed by atoms with Crippen LogP contribution in [0.4, 0.5) is 0 Å². The summed E-state index contributed by atoms with van der Waals surface area (Å²) >= 11 is 0. The summed E-state index contributed by atoms with van der Waals surface area (Å²) in [6.07, 6.45) is 79.2. The normalized spacial score (nSPS) is 14.4. The quantitative estimate of drug-likeness (QED) is 0.0197. The molecule has 3 atom stereocenters. The Balaban J connectivity index is 4.86. The molecular formula is C68H107O11P. The van der Waals surface area contributed by atoms with Crippen LogP contribution in [0.5, 0.6) is 0 Å². The Morgan fingerprint density at radius 1 is 0.350 bits per heavy atom. The Kier molecular flexibility index (Phi) is 56.5. The standard InChI is InChI=1S/C68H107O11P/c1-4-7-10-13-16-19-22-25-28-31-32-35-36-39-42-45-48-51-54-57-66(70)75-61-65(79-68(72)59-56-53-50-47-44-41-38-34-30-27-24-21-18-15-12-9-6-3)63-77-80(73,74)76-62-64(60-69)78-67(71)58-55-52-49-46-43-40-37-33-29-26-23-20-17-14-11-8-5-2/h7-12,16-21,25-30,32,35,37-38,40-41,47,50,64-65,69H,4-6,13-15,22-24,31,33-34,36,39,42-46,48-49,51-63H2,1-3H3,(H,73,74)/b10-7-,11-8-,12-9-,19-16-,20-17-,21-18-,28-25-,29-26-,30-27-,35-32-,40-37-,41-38-,50-47-. The molecule has 80 heavy (non-hydrogen) atoms. The molecule has 0 aliphatic heterocycles. The van der Waals surface area contributed by atoms with Gasteiger partial charge in [-0.05, 0) is 135 Å². The van der Waals surface area contributed by atoms with Crippen LogP contribution >= 0.6 is 7.82 Å². The molecule has 0 amide bonds. The molecule has 11 nitrogen and oxygen atoms in total. The van der Waals surface area contributed by atoms with Crippen LogP contribution in [0.2, 0.25) is 0 Å². The predicted molar refractivity (Wildman–Crippen MR) is 334 cm³/mol. The minimum absolute atomic E-state index is 0.0745. The van der Waals surface area contributed by atoms with E-state index in [9.17, 15) is 28.9 Å². The lowest BCUT2D eigenvalue weighted by Gasteiger charge is -2.21. The first-order valence-electron chi connectivity index (χ1n) is 30.4. The van der Waals surface area contributed by atoms with Gasteiger partial charge in [0.25, 0.3) is 0 Å². The maximum absolute atomic E-state index is 12.9. The molecule has 0 rings (SSSR count). The smallest absolute Gasteiger partial charge is 0.462 e. The first kappa shape index (κ1) is 75.1. The predicted octanol–water partition coefficient (Wildman–Crippen LogP) is 18.5. The van der Waals surface area contributed by atoms with Gasteiger partial charge in [-0.2, -0.15) is 0 Å². The second-order valence-electron chi connectivity index (χ2n) is 19.4. The number of phosphoric acid groups is 1. The van der Waals surface area contributed by atoms with Crippen LogP contribution < -0.4 is 0 Å². The van der Waals surface area contributed by atoms with E-state index in [4.69, 9.17) is 23.3 Å². The first-order valence-corrected chi connectivity index (χ1v) is 31.9. The average molecular weight is 1130 g/mol. The molecule has 0 aromatic heterocycles. The highest BCUT2D eigenvalue weighted by Gasteiger charge is 2.28. The minimum atomic E-state index is -4.79. The molecule has 3 unspecified atom stereocenters. The van der Waals surface area contributed by atoms with Gasteiger partial charge in [-0.1, -0.05) is 217 Å². The van der Waals surface area contributed by atoms with Crippen molar-refractivity contribution in [3.05, 3.63) is 158 Å². The summed E-state index contributed by atoms with van der Waals surface area (Å²) in [7, 11) is -4.79. The fourth-order valence-electron chi connectivity index (χ4n) is 7.43. The van der Waals surface area contributed by atoms with Crippen molar-refractivity contribution in [2.45, 2.75) is 226 Å². The maximum atomic E-state index is 12.9. The van der Waals surface area contributed by atoms with Gasteiger partial charge in [-0.25, -0.2) is 4.57 Å². The fourth-order valence-corrected chi connectivity index (χ4v) is 8.22. The topological polar surface area (TPSA) is 155 Å². The monoisotopic (exact) mass is 1130 g/mol. The van der Waals surface area contributed by atoms with Crippen molar-refractivity contribution in [2.24, 2.45) is 0 Å². The second kappa shape index (κ2) is 60.2. The number of phosphoric ester groups is 1. The molecule has 0 aromatic rings. The van der Waals surface area contributed by atoms with E-state index in [1.165, 1.54) is 0 Å². The molecule has 2 N–H and O–H groups in total. The van der Waals surface area contributed by atoms with Crippen molar-refractivity contribution in [3.63, 3.8) is 0 Å². The highest BCUT2D eigenvalue weighted by molar-refractivity contribution is 7.47. The van der Waals surface area contributed by atoms with Crippen molar-refractivity contribution < 1.29 is 52.2 Å². The number of aliphatic hydroxyl groups is 1. The van der Waals surface area contributed by atoms with Gasteiger partial charge in [0.05, 0.1) is 19.8 Å². The number of carbonyl (C=O) groups excluding carboxylic acids is 3. The summed E-state index contributed by atoms with van der Waals surface area (Å²) in [6.45, 7) is 4.18. The third-order valence-corrected chi connectivity index (χ3v) is 12.9. The van der Waals surface area contributed by atoms with Crippen molar-refractivity contribution >= 4 is 25.7 Å². The molecule has 0 radical (unpaired) electrons. The van der Waals surface area contributed by atoms with Crippen LogP contribution in [0.25, 0.3) is 0 Å². The largest absolute Gasteiger partial charge is 0.472 e. The van der Waals surface area contributed by atoms with Crippen molar-refractivity contribution in [2.75, 3.05) is 26.4 Å². The zero-order chi connectivity index (χ0) is 58.3. The highest BCUT2D eigenvalue weighted by Crippen LogP contribution is 2.43. The molecule has 12 heteroatoms. The molecule has 0 saturated carbocycles. The zero-order valence-electron chi connectivity index (χ0n) is 49.7.